The first-order valence-electron chi connectivity index (χ1n) is 9.91. The SMILES string of the molecule is CCCC1CC(F)(F)C2CC(c3ccc(OCC)c(F)c3F)CC2CC1F. The average Bonchev–Trinajstić information content (AvgIpc) is 3.00. The number of ether oxygens (including phenoxy) is 1. The first-order chi connectivity index (χ1) is 12.8. The van der Waals surface area contributed by atoms with Gasteiger partial charge in [-0.3, -0.25) is 0 Å². The highest BCUT2D eigenvalue weighted by Crippen LogP contribution is 2.56. The zero-order chi connectivity index (χ0) is 19.8. The van der Waals surface area contributed by atoms with Gasteiger partial charge >= 0.3 is 0 Å². The van der Waals surface area contributed by atoms with Crippen molar-refractivity contribution >= 4 is 0 Å². The largest absolute Gasteiger partial charge is 0.491 e. The van der Waals surface area contributed by atoms with Crippen molar-refractivity contribution < 1.29 is 26.7 Å². The lowest BCUT2D eigenvalue weighted by Gasteiger charge is -2.27. The molecule has 2 saturated carbocycles. The van der Waals surface area contributed by atoms with Crippen molar-refractivity contribution in [2.24, 2.45) is 17.8 Å². The van der Waals surface area contributed by atoms with Crippen LogP contribution in [-0.4, -0.2) is 18.7 Å². The number of rotatable bonds is 5. The van der Waals surface area contributed by atoms with E-state index in [4.69, 9.17) is 4.74 Å². The molecule has 5 atom stereocenters. The molecule has 1 nitrogen and oxygen atoms in total. The Morgan fingerprint density at radius 1 is 1.07 bits per heavy atom. The highest BCUT2D eigenvalue weighted by atomic mass is 19.3. The van der Waals surface area contributed by atoms with Crippen molar-refractivity contribution in [3.8, 4) is 5.75 Å². The molecule has 5 unspecified atom stereocenters. The van der Waals surface area contributed by atoms with Gasteiger partial charge in [0.2, 0.25) is 5.82 Å². The molecule has 0 spiro atoms. The molecule has 1 aromatic rings. The molecule has 2 aliphatic rings. The Labute approximate surface area is 157 Å². The molecule has 0 bridgehead atoms. The van der Waals surface area contributed by atoms with Crippen LogP contribution in [0.5, 0.6) is 5.75 Å². The van der Waals surface area contributed by atoms with Gasteiger partial charge in [0.25, 0.3) is 5.92 Å². The summed E-state index contributed by atoms with van der Waals surface area (Å²) in [6.07, 6.45) is -0.157. The Kier molecular flexibility index (Phi) is 6.02. The zero-order valence-electron chi connectivity index (χ0n) is 15.8. The summed E-state index contributed by atoms with van der Waals surface area (Å²) in [6.45, 7) is 3.74. The fourth-order valence-corrected chi connectivity index (χ4v) is 5.05. The van der Waals surface area contributed by atoms with Crippen LogP contribution < -0.4 is 4.74 Å². The van der Waals surface area contributed by atoms with Gasteiger partial charge in [-0.15, -0.1) is 0 Å². The lowest BCUT2D eigenvalue weighted by atomic mass is 9.87. The smallest absolute Gasteiger partial charge is 0.251 e. The number of hydrogen-bond acceptors (Lipinski definition) is 1. The number of alkyl halides is 3. The summed E-state index contributed by atoms with van der Waals surface area (Å²) in [5.74, 6) is -7.89. The number of benzene rings is 1. The van der Waals surface area contributed by atoms with E-state index in [9.17, 15) is 22.0 Å². The topological polar surface area (TPSA) is 9.23 Å². The maximum absolute atomic E-state index is 14.8. The summed E-state index contributed by atoms with van der Waals surface area (Å²) in [5, 5.41) is 0. The first-order valence-corrected chi connectivity index (χ1v) is 9.91. The lowest BCUT2D eigenvalue weighted by molar-refractivity contribution is -0.0823. The van der Waals surface area contributed by atoms with E-state index in [0.29, 0.717) is 12.8 Å². The molecule has 0 N–H and O–H groups in total. The van der Waals surface area contributed by atoms with E-state index in [2.05, 4.69) is 0 Å². The van der Waals surface area contributed by atoms with Crippen molar-refractivity contribution in [1.29, 1.82) is 0 Å². The van der Waals surface area contributed by atoms with Crippen molar-refractivity contribution in [2.75, 3.05) is 6.61 Å². The minimum absolute atomic E-state index is 0.0631. The monoisotopic (exact) mass is 390 g/mol. The van der Waals surface area contributed by atoms with E-state index in [-0.39, 0.29) is 37.2 Å². The Morgan fingerprint density at radius 3 is 2.48 bits per heavy atom. The Balaban J connectivity index is 1.83. The molecular weight excluding hydrogens is 363 g/mol. The third kappa shape index (κ3) is 3.95. The first kappa shape index (κ1) is 20.4. The fourth-order valence-electron chi connectivity index (χ4n) is 5.05. The van der Waals surface area contributed by atoms with Crippen LogP contribution in [0.1, 0.15) is 63.9 Å². The molecule has 3 rings (SSSR count). The summed E-state index contributed by atoms with van der Waals surface area (Å²) in [5.41, 5.74) is 0.0975. The minimum atomic E-state index is -2.97. The van der Waals surface area contributed by atoms with Crippen LogP contribution in [0.4, 0.5) is 22.0 Å². The van der Waals surface area contributed by atoms with Crippen LogP contribution in [0, 0.1) is 29.4 Å². The molecule has 0 radical (unpaired) electrons. The lowest BCUT2D eigenvalue weighted by Crippen LogP contribution is -2.31. The van der Waals surface area contributed by atoms with Crippen LogP contribution >= 0.6 is 0 Å². The Hall–Kier alpha value is -1.33. The second-order valence-electron chi connectivity index (χ2n) is 8.01. The molecule has 2 aliphatic carbocycles. The minimum Gasteiger partial charge on any atom is -0.491 e. The number of hydrogen-bond donors (Lipinski definition) is 0. The standard InChI is InChI=1S/C21H27F5O/c1-3-5-12-11-21(25,26)16-9-13(8-14(16)10-17(12)22)15-6-7-18(27-4-2)20(24)19(15)23/h6-7,12-14,16-17H,3-5,8-11H2,1-2H3. The van der Waals surface area contributed by atoms with Gasteiger partial charge in [-0.05, 0) is 62.0 Å². The highest BCUT2D eigenvalue weighted by Gasteiger charge is 2.54. The fraction of sp³-hybridized carbons (Fsp3) is 0.714. The molecule has 0 aliphatic heterocycles. The molecular formula is C21H27F5O. The van der Waals surface area contributed by atoms with Crippen molar-refractivity contribution in [2.45, 2.75) is 70.4 Å². The molecule has 0 saturated heterocycles. The summed E-state index contributed by atoms with van der Waals surface area (Å²) in [6, 6.07) is 2.77. The molecule has 0 amide bonds. The van der Waals surface area contributed by atoms with Crippen LogP contribution in [0.2, 0.25) is 0 Å². The molecule has 1 aromatic carbocycles. The van der Waals surface area contributed by atoms with Crippen molar-refractivity contribution in [3.63, 3.8) is 0 Å². The molecule has 0 aromatic heterocycles. The molecule has 27 heavy (non-hydrogen) atoms. The van der Waals surface area contributed by atoms with Crippen LogP contribution in [0.15, 0.2) is 12.1 Å². The third-order valence-corrected chi connectivity index (χ3v) is 6.29. The van der Waals surface area contributed by atoms with E-state index in [1.165, 1.54) is 12.1 Å². The predicted molar refractivity (Wildman–Crippen MR) is 94.0 cm³/mol. The number of halogens is 5. The highest BCUT2D eigenvalue weighted by molar-refractivity contribution is 5.34. The van der Waals surface area contributed by atoms with Gasteiger partial charge < -0.3 is 4.74 Å². The van der Waals surface area contributed by atoms with E-state index in [0.717, 1.165) is 0 Å². The van der Waals surface area contributed by atoms with Crippen molar-refractivity contribution in [3.05, 3.63) is 29.3 Å². The van der Waals surface area contributed by atoms with Crippen molar-refractivity contribution in [1.82, 2.24) is 0 Å². The maximum atomic E-state index is 14.8. The van der Waals surface area contributed by atoms with Gasteiger partial charge in [-0.25, -0.2) is 17.6 Å². The average molecular weight is 390 g/mol. The second kappa shape index (κ2) is 7.96. The van der Waals surface area contributed by atoms with Gasteiger partial charge in [0.1, 0.15) is 6.17 Å². The summed E-state index contributed by atoms with van der Waals surface area (Å²) in [4.78, 5) is 0. The van der Waals surface area contributed by atoms with E-state index >= 15 is 0 Å². The van der Waals surface area contributed by atoms with Crippen LogP contribution in [0.25, 0.3) is 0 Å². The molecule has 152 valence electrons. The Morgan fingerprint density at radius 2 is 1.81 bits per heavy atom. The maximum Gasteiger partial charge on any atom is 0.251 e. The molecule has 0 heterocycles. The normalized spacial score (nSPS) is 32.8. The summed E-state index contributed by atoms with van der Waals surface area (Å²) >= 11 is 0. The van der Waals surface area contributed by atoms with E-state index in [1.54, 1.807) is 6.92 Å². The quantitative estimate of drug-likeness (QED) is 0.511. The zero-order valence-corrected chi connectivity index (χ0v) is 15.8. The van der Waals surface area contributed by atoms with Crippen LogP contribution in [-0.2, 0) is 0 Å². The van der Waals surface area contributed by atoms with Gasteiger partial charge in [-0.2, -0.15) is 4.39 Å². The Bertz CT molecular complexity index is 662. The third-order valence-electron chi connectivity index (χ3n) is 6.29. The van der Waals surface area contributed by atoms with Gasteiger partial charge in [0.15, 0.2) is 11.6 Å². The second-order valence-corrected chi connectivity index (χ2v) is 8.01. The van der Waals surface area contributed by atoms with E-state index < -0.39 is 53.8 Å². The summed E-state index contributed by atoms with van der Waals surface area (Å²) in [7, 11) is 0. The van der Waals surface area contributed by atoms with E-state index in [1.807, 2.05) is 6.92 Å². The van der Waals surface area contributed by atoms with Crippen LogP contribution in [0.3, 0.4) is 0 Å². The molecule has 6 heteroatoms. The predicted octanol–water partition coefficient (Wildman–Crippen LogP) is 6.66. The van der Waals surface area contributed by atoms with Gasteiger partial charge in [-0.1, -0.05) is 19.4 Å². The summed E-state index contributed by atoms with van der Waals surface area (Å²) < 4.78 is 78.0. The molecule has 2 fully saturated rings. The number of fused-ring (bicyclic) bond motifs is 1. The van der Waals surface area contributed by atoms with Gasteiger partial charge in [0, 0.05) is 12.3 Å². The van der Waals surface area contributed by atoms with Gasteiger partial charge in [0.05, 0.1) is 6.61 Å².